The average molecular weight is 242 g/mol. The molecule has 2 N–H and O–H groups in total. The van der Waals surface area contributed by atoms with Gasteiger partial charge in [-0.15, -0.1) is 12.4 Å². The van der Waals surface area contributed by atoms with Gasteiger partial charge in [0.1, 0.15) is 0 Å². The third-order valence-corrected chi connectivity index (χ3v) is 1.96. The van der Waals surface area contributed by atoms with Gasteiger partial charge in [0, 0.05) is 12.5 Å². The quantitative estimate of drug-likeness (QED) is 0.831. The van der Waals surface area contributed by atoms with Gasteiger partial charge in [-0.1, -0.05) is 23.4 Å². The van der Waals surface area contributed by atoms with Crippen LogP contribution in [-0.4, -0.2) is 10.1 Å². The highest BCUT2D eigenvalue weighted by Gasteiger charge is 2.05. The van der Waals surface area contributed by atoms with Crippen LogP contribution in [0.5, 0.6) is 0 Å². The number of aromatic nitrogens is 2. The summed E-state index contributed by atoms with van der Waals surface area (Å²) in [7, 11) is 0. The van der Waals surface area contributed by atoms with Gasteiger partial charge in [-0.25, -0.2) is 5.90 Å². The van der Waals surface area contributed by atoms with Crippen molar-refractivity contribution in [1.29, 1.82) is 0 Å². The van der Waals surface area contributed by atoms with Gasteiger partial charge in [0.15, 0.2) is 0 Å². The lowest BCUT2D eigenvalue weighted by Crippen LogP contribution is -1.98. The van der Waals surface area contributed by atoms with Crippen LogP contribution in [-0.2, 0) is 11.4 Å². The van der Waals surface area contributed by atoms with Crippen molar-refractivity contribution >= 4 is 12.4 Å². The largest absolute Gasteiger partial charge is 0.339 e. The van der Waals surface area contributed by atoms with Gasteiger partial charge in [-0.2, -0.15) is 4.98 Å². The third-order valence-electron chi connectivity index (χ3n) is 1.96. The molecule has 0 spiro atoms. The molecule has 6 heteroatoms. The standard InChI is InChI=1S/C10H11N3O2.ClH/c1-7-12-10(13-15-7)9-4-2-3-8(5-9)6-14-11;/h2-5H,6,11H2,1H3;1H. The van der Waals surface area contributed by atoms with Crippen LogP contribution in [0.15, 0.2) is 28.8 Å². The molecule has 0 aliphatic carbocycles. The Labute approximate surface area is 99.0 Å². The first-order chi connectivity index (χ1) is 7.29. The van der Waals surface area contributed by atoms with Crippen molar-refractivity contribution in [3.05, 3.63) is 35.7 Å². The first kappa shape index (κ1) is 12.6. The topological polar surface area (TPSA) is 74.2 Å². The maximum Gasteiger partial charge on any atom is 0.223 e. The first-order valence-corrected chi connectivity index (χ1v) is 4.51. The predicted octanol–water partition coefficient (Wildman–Crippen LogP) is 1.86. The fourth-order valence-electron chi connectivity index (χ4n) is 1.31. The minimum atomic E-state index is 0. The van der Waals surface area contributed by atoms with Crippen LogP contribution in [0, 0.1) is 6.92 Å². The van der Waals surface area contributed by atoms with Gasteiger partial charge >= 0.3 is 0 Å². The highest BCUT2D eigenvalue weighted by Crippen LogP contribution is 2.17. The van der Waals surface area contributed by atoms with Gasteiger partial charge in [0.05, 0.1) is 6.61 Å². The van der Waals surface area contributed by atoms with Gasteiger partial charge in [0.2, 0.25) is 11.7 Å². The van der Waals surface area contributed by atoms with E-state index in [0.29, 0.717) is 18.3 Å². The van der Waals surface area contributed by atoms with Gasteiger partial charge < -0.3 is 4.52 Å². The Morgan fingerprint density at radius 3 is 2.88 bits per heavy atom. The number of rotatable bonds is 3. The van der Waals surface area contributed by atoms with E-state index >= 15 is 0 Å². The van der Waals surface area contributed by atoms with E-state index in [-0.39, 0.29) is 12.4 Å². The second kappa shape index (κ2) is 5.60. The summed E-state index contributed by atoms with van der Waals surface area (Å²) in [5, 5.41) is 3.83. The van der Waals surface area contributed by atoms with Crippen LogP contribution in [0.25, 0.3) is 11.4 Å². The van der Waals surface area contributed by atoms with Crippen molar-refractivity contribution in [2.24, 2.45) is 5.90 Å². The summed E-state index contributed by atoms with van der Waals surface area (Å²) in [6.07, 6.45) is 0. The summed E-state index contributed by atoms with van der Waals surface area (Å²) in [5.41, 5.74) is 1.86. The van der Waals surface area contributed by atoms with Crippen LogP contribution in [0.4, 0.5) is 0 Å². The molecule has 1 aromatic heterocycles. The zero-order chi connectivity index (χ0) is 10.7. The molecule has 5 nitrogen and oxygen atoms in total. The second-order valence-electron chi connectivity index (χ2n) is 3.15. The molecule has 0 bridgehead atoms. The smallest absolute Gasteiger partial charge is 0.223 e. The van der Waals surface area contributed by atoms with E-state index in [2.05, 4.69) is 15.0 Å². The molecule has 1 heterocycles. The van der Waals surface area contributed by atoms with E-state index in [1.807, 2.05) is 24.3 Å². The molecule has 86 valence electrons. The Morgan fingerprint density at radius 1 is 1.44 bits per heavy atom. The van der Waals surface area contributed by atoms with E-state index in [1.54, 1.807) is 6.92 Å². The van der Waals surface area contributed by atoms with E-state index in [9.17, 15) is 0 Å². The molecule has 0 radical (unpaired) electrons. The number of benzene rings is 1. The summed E-state index contributed by atoms with van der Waals surface area (Å²) in [6.45, 7) is 2.12. The number of aryl methyl sites for hydroxylation is 1. The Hall–Kier alpha value is -1.43. The SMILES string of the molecule is Cc1nc(-c2cccc(CON)c2)no1.Cl. The third kappa shape index (κ3) is 2.79. The van der Waals surface area contributed by atoms with Crippen LogP contribution in [0.2, 0.25) is 0 Å². The molecule has 0 saturated heterocycles. The van der Waals surface area contributed by atoms with Gasteiger partial charge in [-0.3, -0.25) is 4.84 Å². The summed E-state index contributed by atoms with van der Waals surface area (Å²) in [5.74, 6) is 6.13. The van der Waals surface area contributed by atoms with Crippen LogP contribution >= 0.6 is 12.4 Å². The lowest BCUT2D eigenvalue weighted by atomic mass is 10.1. The van der Waals surface area contributed by atoms with Crippen molar-refractivity contribution in [1.82, 2.24) is 10.1 Å². The van der Waals surface area contributed by atoms with Crippen LogP contribution in [0.1, 0.15) is 11.5 Å². The van der Waals surface area contributed by atoms with Crippen molar-refractivity contribution in [3.63, 3.8) is 0 Å². The number of hydrogen-bond donors (Lipinski definition) is 1. The Bertz CT molecular complexity index is 459. The highest BCUT2D eigenvalue weighted by atomic mass is 35.5. The normalized spacial score (nSPS) is 9.88. The highest BCUT2D eigenvalue weighted by molar-refractivity contribution is 5.85. The summed E-state index contributed by atoms with van der Waals surface area (Å²) < 4.78 is 4.90. The molecule has 0 fully saturated rings. The Kier molecular flexibility index (Phi) is 4.42. The molecule has 2 rings (SSSR count). The monoisotopic (exact) mass is 241 g/mol. The molecule has 0 amide bonds. The summed E-state index contributed by atoms with van der Waals surface area (Å²) >= 11 is 0. The molecular formula is C10H12ClN3O2. The molecule has 0 aliphatic heterocycles. The van der Waals surface area contributed by atoms with Crippen molar-refractivity contribution in [3.8, 4) is 11.4 Å². The number of halogens is 1. The van der Waals surface area contributed by atoms with E-state index in [4.69, 9.17) is 10.4 Å². The van der Waals surface area contributed by atoms with Crippen LogP contribution < -0.4 is 5.90 Å². The van der Waals surface area contributed by atoms with Crippen molar-refractivity contribution in [2.45, 2.75) is 13.5 Å². The maximum atomic E-state index is 5.00. The lowest BCUT2D eigenvalue weighted by molar-refractivity contribution is 0.124. The molecule has 1 aromatic carbocycles. The second-order valence-corrected chi connectivity index (χ2v) is 3.15. The molecule has 0 unspecified atom stereocenters. The number of hydrogen-bond acceptors (Lipinski definition) is 5. The van der Waals surface area contributed by atoms with Crippen molar-refractivity contribution < 1.29 is 9.36 Å². The minimum Gasteiger partial charge on any atom is -0.339 e. The maximum absolute atomic E-state index is 5.00. The molecule has 0 atom stereocenters. The van der Waals surface area contributed by atoms with Crippen LogP contribution in [0.3, 0.4) is 0 Å². The average Bonchev–Trinajstić information content (AvgIpc) is 2.66. The predicted molar refractivity (Wildman–Crippen MR) is 60.7 cm³/mol. The summed E-state index contributed by atoms with van der Waals surface area (Å²) in [6, 6.07) is 7.64. The molecule has 0 aliphatic rings. The van der Waals surface area contributed by atoms with Crippen molar-refractivity contribution in [2.75, 3.05) is 0 Å². The number of nitrogens with zero attached hydrogens (tertiary/aromatic N) is 2. The fraction of sp³-hybridized carbons (Fsp3) is 0.200. The van der Waals surface area contributed by atoms with E-state index < -0.39 is 0 Å². The van der Waals surface area contributed by atoms with E-state index in [0.717, 1.165) is 11.1 Å². The first-order valence-electron chi connectivity index (χ1n) is 4.51. The Balaban J connectivity index is 0.00000128. The molecule has 16 heavy (non-hydrogen) atoms. The molecule has 2 aromatic rings. The van der Waals surface area contributed by atoms with Gasteiger partial charge in [0.25, 0.3) is 0 Å². The number of nitrogens with two attached hydrogens (primary N) is 1. The fourth-order valence-corrected chi connectivity index (χ4v) is 1.31. The van der Waals surface area contributed by atoms with E-state index in [1.165, 1.54) is 0 Å². The zero-order valence-electron chi connectivity index (χ0n) is 8.71. The minimum absolute atomic E-state index is 0. The lowest BCUT2D eigenvalue weighted by Gasteiger charge is -2.00. The van der Waals surface area contributed by atoms with Gasteiger partial charge in [-0.05, 0) is 11.6 Å². The Morgan fingerprint density at radius 2 is 2.25 bits per heavy atom. The zero-order valence-corrected chi connectivity index (χ0v) is 9.53. The molecular weight excluding hydrogens is 230 g/mol. The summed E-state index contributed by atoms with van der Waals surface area (Å²) in [4.78, 5) is 8.69. The molecule has 0 saturated carbocycles.